The van der Waals surface area contributed by atoms with Gasteiger partial charge in [-0.2, -0.15) is 0 Å². The minimum Gasteiger partial charge on any atom is -0.870 e. The molecule has 0 saturated carbocycles. The van der Waals surface area contributed by atoms with Gasteiger partial charge in [-0.15, -0.1) is 0 Å². The minimum absolute atomic E-state index is 0. The largest absolute Gasteiger partial charge is 4.00 e. The van der Waals surface area contributed by atoms with Crippen LogP contribution in [0, 0.1) is 0 Å². The third-order valence-corrected chi connectivity index (χ3v) is 0. The Balaban J connectivity index is 0. The van der Waals surface area contributed by atoms with Gasteiger partial charge >= 0.3 is 58.9 Å². The Morgan fingerprint density at radius 1 is 0.333 bits per heavy atom. The van der Waals surface area contributed by atoms with Crippen molar-refractivity contribution in [3.63, 3.8) is 0 Å². The average Bonchev–Trinajstić information content (AvgIpc) is 0. The van der Waals surface area contributed by atoms with Crippen molar-refractivity contribution < 1.29 is 97.2 Å². The molecule has 0 amide bonds. The van der Waals surface area contributed by atoms with Crippen molar-refractivity contribution in [2.75, 3.05) is 0 Å². The van der Waals surface area contributed by atoms with Crippen molar-refractivity contribution in [3.05, 3.63) is 0 Å². The van der Waals surface area contributed by atoms with Crippen molar-refractivity contribution in [1.29, 1.82) is 0 Å². The van der Waals surface area contributed by atoms with Gasteiger partial charge in [0, 0.05) is 0 Å². The normalized spacial score (nSPS) is 0. The van der Waals surface area contributed by atoms with E-state index in [1.54, 1.807) is 0 Å². The molecule has 0 aliphatic carbocycles. The summed E-state index contributed by atoms with van der Waals surface area (Å²) in [6, 6.07) is 0. The second-order valence-electron chi connectivity index (χ2n) is 0. The van der Waals surface area contributed by atoms with Crippen molar-refractivity contribution in [3.8, 4) is 0 Å². The zero-order valence-electron chi connectivity index (χ0n) is 4.21. The average molecular weight is 299 g/mol. The Kier molecular flexibility index (Phi) is 9720. The first-order valence-electron chi connectivity index (χ1n) is 0. The summed E-state index contributed by atoms with van der Waals surface area (Å²) in [6.07, 6.45) is 0. The smallest absolute Gasteiger partial charge is 0.870 e. The van der Waals surface area contributed by atoms with E-state index in [2.05, 4.69) is 0 Å². The summed E-state index contributed by atoms with van der Waals surface area (Å²) in [4.78, 5) is 0. The van der Waals surface area contributed by atoms with Crippen LogP contribution in [0.5, 0.6) is 0 Å². The molecule has 0 aliphatic heterocycles. The molecule has 0 aliphatic rings. The molecular formula is H7O7YZr. The van der Waals surface area contributed by atoms with Gasteiger partial charge in [-0.25, -0.2) is 0 Å². The maximum absolute atomic E-state index is 0. The molecule has 0 unspecified atom stereocenters. The van der Waals surface area contributed by atoms with Gasteiger partial charge in [0.2, 0.25) is 0 Å². The maximum atomic E-state index is 0. The number of hydrogen-bond donors (Lipinski definition) is 0. The topological polar surface area (TPSA) is 210 Å². The maximum Gasteiger partial charge on any atom is 4.00 e. The molecule has 0 saturated heterocycles. The second kappa shape index (κ2) is 253. The third kappa shape index (κ3) is 198. The van der Waals surface area contributed by atoms with Gasteiger partial charge in [0.1, 0.15) is 0 Å². The van der Waals surface area contributed by atoms with E-state index in [9.17, 15) is 0 Å². The van der Waals surface area contributed by atoms with E-state index in [-0.39, 0.29) is 97.2 Å². The monoisotopic (exact) mass is 298 g/mol. The van der Waals surface area contributed by atoms with E-state index < -0.39 is 0 Å². The molecule has 0 aromatic heterocycles. The fourth-order valence-electron chi connectivity index (χ4n) is 0. The Labute approximate surface area is 96.4 Å². The molecule has 0 radical (unpaired) electrons. The van der Waals surface area contributed by atoms with Crippen LogP contribution in [0.1, 0.15) is 0 Å². The molecule has 9 heteroatoms. The number of hydrogen-bond acceptors (Lipinski definition) is 7. The van der Waals surface area contributed by atoms with Crippen LogP contribution >= 0.6 is 0 Å². The number of rotatable bonds is 0. The molecule has 7 nitrogen and oxygen atoms in total. The first-order valence-corrected chi connectivity index (χ1v) is 0. The standard InChI is InChI=1S/7H2O.Y.Zr/h7*1H2;;/q;;;;;;;+3;+4/p-7. The molecule has 0 rings (SSSR count). The molecule has 56 valence electrons. The van der Waals surface area contributed by atoms with Crippen molar-refractivity contribution in [1.82, 2.24) is 0 Å². The molecule has 0 aromatic rings. The predicted octanol–water partition coefficient (Wildman–Crippen LogP) is -1.24. The summed E-state index contributed by atoms with van der Waals surface area (Å²) in [6.45, 7) is 0. The second-order valence-corrected chi connectivity index (χ2v) is 0. The zero-order valence-corrected chi connectivity index (χ0v) is 9.50. The van der Waals surface area contributed by atoms with Crippen LogP contribution in [-0.4, -0.2) is 38.3 Å². The summed E-state index contributed by atoms with van der Waals surface area (Å²) < 4.78 is 0. The summed E-state index contributed by atoms with van der Waals surface area (Å²) >= 11 is 0. The van der Waals surface area contributed by atoms with E-state index in [0.717, 1.165) is 0 Å². The molecule has 0 fully saturated rings. The molecule has 9 heavy (non-hydrogen) atoms. The Hall–Kier alpha value is 1.71. The van der Waals surface area contributed by atoms with Gasteiger partial charge in [-0.1, -0.05) is 0 Å². The fraction of sp³-hybridized carbons (Fsp3) is 0. The van der Waals surface area contributed by atoms with E-state index >= 15 is 0 Å². The Bertz CT molecular complexity index is 8.88. The van der Waals surface area contributed by atoms with E-state index in [1.807, 2.05) is 0 Å². The van der Waals surface area contributed by atoms with Crippen LogP contribution in [0.4, 0.5) is 0 Å². The molecule has 0 atom stereocenters. The van der Waals surface area contributed by atoms with E-state index in [4.69, 9.17) is 0 Å². The molecule has 0 aromatic carbocycles. The van der Waals surface area contributed by atoms with Gasteiger partial charge in [-0.05, 0) is 0 Å². The SMILES string of the molecule is [OH-].[OH-].[OH-].[OH-].[OH-].[OH-].[OH-].[Y+3].[Zr+4]. The summed E-state index contributed by atoms with van der Waals surface area (Å²) in [5.74, 6) is 0. The van der Waals surface area contributed by atoms with Crippen molar-refractivity contribution in [2.45, 2.75) is 0 Å². The van der Waals surface area contributed by atoms with Crippen molar-refractivity contribution in [2.24, 2.45) is 0 Å². The summed E-state index contributed by atoms with van der Waals surface area (Å²) in [5.41, 5.74) is 0. The third-order valence-electron chi connectivity index (χ3n) is 0. The van der Waals surface area contributed by atoms with Crippen LogP contribution in [0.15, 0.2) is 0 Å². The summed E-state index contributed by atoms with van der Waals surface area (Å²) in [5, 5.41) is 0. The molecule has 0 heterocycles. The minimum atomic E-state index is 0. The van der Waals surface area contributed by atoms with E-state index in [1.165, 1.54) is 0 Å². The molecule has 0 spiro atoms. The van der Waals surface area contributed by atoms with Crippen molar-refractivity contribution >= 4 is 0 Å². The Morgan fingerprint density at radius 2 is 0.333 bits per heavy atom. The van der Waals surface area contributed by atoms with Crippen LogP contribution in [-0.2, 0) is 58.9 Å². The van der Waals surface area contributed by atoms with Crippen LogP contribution in [0.2, 0.25) is 0 Å². The van der Waals surface area contributed by atoms with Gasteiger partial charge < -0.3 is 38.3 Å². The van der Waals surface area contributed by atoms with Crippen LogP contribution in [0.25, 0.3) is 0 Å². The van der Waals surface area contributed by atoms with Gasteiger partial charge in [0.15, 0.2) is 0 Å². The first kappa shape index (κ1) is 346. The Morgan fingerprint density at radius 3 is 0.333 bits per heavy atom. The van der Waals surface area contributed by atoms with E-state index in [0.29, 0.717) is 0 Å². The molecule has 0 bridgehead atoms. The van der Waals surface area contributed by atoms with Gasteiger partial charge in [0.25, 0.3) is 0 Å². The first-order chi connectivity index (χ1) is 0. The van der Waals surface area contributed by atoms with Gasteiger partial charge in [0.05, 0.1) is 0 Å². The predicted molar refractivity (Wildman–Crippen MR) is 13.6 cm³/mol. The quantitative estimate of drug-likeness (QED) is 0.529. The van der Waals surface area contributed by atoms with Gasteiger partial charge in [-0.3, -0.25) is 0 Å². The zero-order chi connectivity index (χ0) is 0. The van der Waals surface area contributed by atoms with Crippen LogP contribution in [0.3, 0.4) is 0 Å². The molecular weight excluding hydrogens is 292 g/mol. The van der Waals surface area contributed by atoms with Crippen LogP contribution < -0.4 is 0 Å². The fourth-order valence-corrected chi connectivity index (χ4v) is 0. The molecule has 7 N–H and O–H groups in total. The summed E-state index contributed by atoms with van der Waals surface area (Å²) in [7, 11) is 0.